The maximum atomic E-state index is 14.3. The number of halogens is 9. The number of nitrogens with zero attached hydrogens (tertiary/aromatic N) is 1. The molecule has 0 amide bonds. The van der Waals surface area contributed by atoms with Gasteiger partial charge in [0.25, 0.3) is 0 Å². The normalized spacial score (nSPS) is 19.9. The van der Waals surface area contributed by atoms with E-state index in [1.54, 1.807) is 0 Å². The van der Waals surface area contributed by atoms with Crippen molar-refractivity contribution in [3.8, 4) is 0 Å². The summed E-state index contributed by atoms with van der Waals surface area (Å²) < 4.78 is 83.3. The van der Waals surface area contributed by atoms with Crippen LogP contribution in [0.2, 0.25) is 15.1 Å². The highest BCUT2D eigenvalue weighted by atomic mass is 35.5. The van der Waals surface area contributed by atoms with E-state index in [1.807, 2.05) is 0 Å². The standard InChI is InChI=1S/C20H17Cl3F6N2/c1-30-9-11-2-3-13(8-14(11)19(24,25)26)31-5-4-18(10-31,20(27,28)29)12-6-15(21)17(23)16(22)7-12/h2-3,6-8,30H,4-5,9-10H2,1H3. The summed E-state index contributed by atoms with van der Waals surface area (Å²) in [6.07, 6.45) is -9.70. The first kappa shape index (κ1) is 24.3. The topological polar surface area (TPSA) is 15.3 Å². The molecule has 0 saturated carbocycles. The number of alkyl halides is 6. The fraction of sp³-hybridized carbons (Fsp3) is 0.400. The van der Waals surface area contributed by atoms with Gasteiger partial charge in [0.1, 0.15) is 5.41 Å². The Morgan fingerprint density at radius 2 is 1.61 bits per heavy atom. The van der Waals surface area contributed by atoms with Gasteiger partial charge in [0.15, 0.2) is 0 Å². The molecule has 1 N–H and O–H groups in total. The first-order chi connectivity index (χ1) is 14.3. The lowest BCUT2D eigenvalue weighted by Crippen LogP contribution is -2.45. The van der Waals surface area contributed by atoms with Gasteiger partial charge in [0.05, 0.1) is 20.6 Å². The predicted molar refractivity (Wildman–Crippen MR) is 110 cm³/mol. The lowest BCUT2D eigenvalue weighted by molar-refractivity contribution is -0.184. The van der Waals surface area contributed by atoms with E-state index in [9.17, 15) is 26.3 Å². The Bertz CT molecular complexity index is 953. The maximum absolute atomic E-state index is 14.3. The molecule has 1 saturated heterocycles. The van der Waals surface area contributed by atoms with Gasteiger partial charge in [-0.1, -0.05) is 40.9 Å². The van der Waals surface area contributed by atoms with E-state index in [1.165, 1.54) is 24.1 Å². The van der Waals surface area contributed by atoms with Crippen molar-refractivity contribution in [2.24, 2.45) is 0 Å². The molecule has 1 aliphatic heterocycles. The maximum Gasteiger partial charge on any atom is 0.416 e. The van der Waals surface area contributed by atoms with Crippen molar-refractivity contribution in [1.29, 1.82) is 0 Å². The number of benzene rings is 2. The summed E-state index contributed by atoms with van der Waals surface area (Å²) in [5, 5.41) is 2.35. The van der Waals surface area contributed by atoms with Crippen LogP contribution in [-0.4, -0.2) is 26.3 Å². The first-order valence-electron chi connectivity index (χ1n) is 9.11. The van der Waals surface area contributed by atoms with Gasteiger partial charge in [0.2, 0.25) is 0 Å². The summed E-state index contributed by atoms with van der Waals surface area (Å²) in [6.45, 7) is -0.698. The third-order valence-electron chi connectivity index (χ3n) is 5.48. The summed E-state index contributed by atoms with van der Waals surface area (Å²) >= 11 is 17.8. The first-order valence-corrected chi connectivity index (χ1v) is 10.2. The van der Waals surface area contributed by atoms with Crippen molar-refractivity contribution in [1.82, 2.24) is 5.32 Å². The highest BCUT2D eigenvalue weighted by Crippen LogP contribution is 2.50. The zero-order valence-electron chi connectivity index (χ0n) is 16.1. The summed E-state index contributed by atoms with van der Waals surface area (Å²) in [5.41, 5.74) is -3.35. The molecule has 0 bridgehead atoms. The minimum atomic E-state index is -4.69. The predicted octanol–water partition coefficient (Wildman–Crippen LogP) is 7.10. The third kappa shape index (κ3) is 4.58. The van der Waals surface area contributed by atoms with Gasteiger partial charge in [-0.15, -0.1) is 0 Å². The Morgan fingerprint density at radius 3 is 2.13 bits per heavy atom. The van der Waals surface area contributed by atoms with Crippen LogP contribution in [0.3, 0.4) is 0 Å². The number of anilines is 1. The number of hydrogen-bond donors (Lipinski definition) is 1. The van der Waals surface area contributed by atoms with Gasteiger partial charge in [-0.3, -0.25) is 0 Å². The molecule has 2 aromatic carbocycles. The minimum absolute atomic E-state index is 0.0105. The molecule has 1 aliphatic rings. The van der Waals surface area contributed by atoms with Crippen LogP contribution >= 0.6 is 34.8 Å². The van der Waals surface area contributed by atoms with Crippen molar-refractivity contribution >= 4 is 40.5 Å². The Kier molecular flexibility index (Phi) is 6.69. The molecule has 0 aliphatic carbocycles. The van der Waals surface area contributed by atoms with Crippen LogP contribution in [0.5, 0.6) is 0 Å². The summed E-state index contributed by atoms with van der Waals surface area (Å²) in [4.78, 5) is 1.29. The molecule has 3 rings (SSSR count). The van der Waals surface area contributed by atoms with Crippen molar-refractivity contribution in [2.45, 2.75) is 30.7 Å². The SMILES string of the molecule is CNCc1ccc(N2CCC(c3cc(Cl)c(Cl)c(Cl)c3)(C(F)(F)F)C2)cc1C(F)(F)F. The van der Waals surface area contributed by atoms with Crippen molar-refractivity contribution in [2.75, 3.05) is 25.0 Å². The van der Waals surface area contributed by atoms with Gasteiger partial charge < -0.3 is 10.2 Å². The van der Waals surface area contributed by atoms with Crippen LogP contribution in [0.25, 0.3) is 0 Å². The second kappa shape index (κ2) is 8.54. The third-order valence-corrected chi connectivity index (χ3v) is 6.68. The molecule has 1 unspecified atom stereocenters. The largest absolute Gasteiger partial charge is 0.416 e. The number of nitrogens with one attached hydrogen (secondary N) is 1. The zero-order valence-corrected chi connectivity index (χ0v) is 18.3. The molecular formula is C20H17Cl3F6N2. The Hall–Kier alpha value is -1.35. The van der Waals surface area contributed by atoms with E-state index in [-0.39, 0.29) is 51.4 Å². The Balaban J connectivity index is 2.04. The quantitative estimate of drug-likeness (QED) is 0.352. The molecule has 11 heteroatoms. The molecule has 1 heterocycles. The second-order valence-electron chi connectivity index (χ2n) is 7.37. The van der Waals surface area contributed by atoms with Crippen molar-refractivity contribution in [3.63, 3.8) is 0 Å². The average Bonchev–Trinajstić information content (AvgIpc) is 3.12. The van der Waals surface area contributed by atoms with Gasteiger partial charge in [-0.05, 0) is 48.9 Å². The van der Waals surface area contributed by atoms with E-state index >= 15 is 0 Å². The molecule has 31 heavy (non-hydrogen) atoms. The Labute approximate surface area is 190 Å². The van der Waals surface area contributed by atoms with E-state index < -0.39 is 29.9 Å². The van der Waals surface area contributed by atoms with Crippen LogP contribution in [0, 0.1) is 0 Å². The second-order valence-corrected chi connectivity index (χ2v) is 8.57. The van der Waals surface area contributed by atoms with E-state index in [0.29, 0.717) is 0 Å². The summed E-state index contributed by atoms with van der Waals surface area (Å²) in [5.74, 6) is 0. The fourth-order valence-electron chi connectivity index (χ4n) is 3.86. The van der Waals surface area contributed by atoms with Crippen LogP contribution in [0.4, 0.5) is 32.0 Å². The van der Waals surface area contributed by atoms with Crippen molar-refractivity contribution in [3.05, 3.63) is 62.1 Å². The highest BCUT2D eigenvalue weighted by molar-refractivity contribution is 6.48. The smallest absolute Gasteiger partial charge is 0.370 e. The van der Waals surface area contributed by atoms with Gasteiger partial charge in [-0.2, -0.15) is 26.3 Å². The van der Waals surface area contributed by atoms with Crippen LogP contribution in [0.15, 0.2) is 30.3 Å². The lowest BCUT2D eigenvalue weighted by atomic mass is 9.79. The van der Waals surface area contributed by atoms with Gasteiger partial charge in [0, 0.05) is 25.3 Å². The van der Waals surface area contributed by atoms with Crippen LogP contribution < -0.4 is 10.2 Å². The minimum Gasteiger partial charge on any atom is -0.370 e. The molecule has 0 radical (unpaired) electrons. The highest BCUT2D eigenvalue weighted by Gasteiger charge is 2.59. The fourth-order valence-corrected chi connectivity index (χ4v) is 4.46. The number of rotatable bonds is 4. The molecule has 1 fully saturated rings. The molecule has 0 spiro atoms. The van der Waals surface area contributed by atoms with Crippen molar-refractivity contribution < 1.29 is 26.3 Å². The van der Waals surface area contributed by atoms with E-state index in [4.69, 9.17) is 34.8 Å². The lowest BCUT2D eigenvalue weighted by Gasteiger charge is -2.33. The van der Waals surface area contributed by atoms with Crippen LogP contribution in [-0.2, 0) is 18.1 Å². The molecular weight excluding hydrogens is 489 g/mol. The average molecular weight is 506 g/mol. The molecule has 2 nitrogen and oxygen atoms in total. The summed E-state index contributed by atoms with van der Waals surface area (Å²) in [6, 6.07) is 5.79. The van der Waals surface area contributed by atoms with E-state index in [2.05, 4.69) is 5.32 Å². The monoisotopic (exact) mass is 504 g/mol. The Morgan fingerprint density at radius 1 is 1.00 bits per heavy atom. The molecule has 1 atom stereocenters. The summed E-state index contributed by atoms with van der Waals surface area (Å²) in [7, 11) is 1.51. The zero-order chi connectivity index (χ0) is 23.2. The van der Waals surface area contributed by atoms with Crippen LogP contribution in [0.1, 0.15) is 23.1 Å². The van der Waals surface area contributed by atoms with E-state index in [0.717, 1.165) is 18.2 Å². The van der Waals surface area contributed by atoms with Gasteiger partial charge >= 0.3 is 12.4 Å². The molecule has 0 aromatic heterocycles. The molecule has 170 valence electrons. The van der Waals surface area contributed by atoms with Gasteiger partial charge in [-0.25, -0.2) is 0 Å². The number of hydrogen-bond acceptors (Lipinski definition) is 2. The molecule has 2 aromatic rings.